The van der Waals surface area contributed by atoms with Crippen LogP contribution >= 0.6 is 0 Å². The highest BCUT2D eigenvalue weighted by atomic mass is 16.0. The maximum absolute atomic E-state index is 2.56. The van der Waals surface area contributed by atoms with Crippen LogP contribution in [0.4, 0.5) is 0 Å². The molecule has 20 rings (SSSR count). The predicted molar refractivity (Wildman–Crippen MR) is 682 cm³/mol. The monoisotopic (exact) mass is 2060 g/mol. The fourth-order valence-electron chi connectivity index (χ4n) is 34.2. The SMILES string of the molecule is CC1=CCC(C2CCC(C)CC2)CC1.CC1CC=C(C2CCC(C)CC2)CC1.CC1CCC(/C=C/C2CCC(C)CC2)CC1.CC1CCC(C2CCC(C)CC2)CC1.CC1CCC(C2CCC(C)CC2)CC1.CC1CCC(C2CCC(C)CC2)CC1.CC1CCC(C2CCC(C)CC2)CC1.CC1CCC(C2CCC(C)CC2)CC1.CC1CCC(C2CCC(C)CC2)CC1.CC1CCC(CCC2CCC(C)CC2)CC1.O.O.[HH].[HH].[HH].[HH].[HH].[HH].[HH].[HH].[HH].[HH].[HH].[HH].[HH].[HH].[HH].[HH]. The van der Waals surface area contributed by atoms with E-state index in [1.807, 2.05) is 5.57 Å². The minimum absolute atomic E-state index is 0. The van der Waals surface area contributed by atoms with E-state index < -0.39 is 0 Å². The molecule has 146 heavy (non-hydrogen) atoms. The molecule has 20 aliphatic carbocycles. The van der Waals surface area contributed by atoms with Crippen LogP contribution in [-0.2, 0) is 0 Å². The Labute approximate surface area is 941 Å². The molecule has 4 N–H and O–H groups in total. The number of allylic oxidation sites excluding steroid dienone is 6. The summed E-state index contributed by atoms with van der Waals surface area (Å²) in [5.41, 5.74) is 3.44. The van der Waals surface area contributed by atoms with E-state index in [4.69, 9.17) is 0 Å². The van der Waals surface area contributed by atoms with Gasteiger partial charge in [0.2, 0.25) is 0 Å². The van der Waals surface area contributed by atoms with Crippen molar-refractivity contribution in [3.8, 4) is 0 Å². The summed E-state index contributed by atoms with van der Waals surface area (Å²) < 4.78 is 0. The van der Waals surface area contributed by atoms with Crippen LogP contribution in [0.1, 0.15) is 675 Å². The highest BCUT2D eigenvalue weighted by molar-refractivity contribution is 5.11. The van der Waals surface area contributed by atoms with Gasteiger partial charge < -0.3 is 11.0 Å². The van der Waals surface area contributed by atoms with Crippen LogP contribution < -0.4 is 0 Å². The van der Waals surface area contributed by atoms with Gasteiger partial charge in [0, 0.05) is 22.8 Å². The van der Waals surface area contributed by atoms with E-state index in [9.17, 15) is 0 Å². The lowest BCUT2D eigenvalue weighted by atomic mass is 9.70. The number of hydrogen-bond acceptors (Lipinski definition) is 0. The van der Waals surface area contributed by atoms with Crippen molar-refractivity contribution in [1.29, 1.82) is 0 Å². The van der Waals surface area contributed by atoms with E-state index in [-0.39, 0.29) is 33.8 Å². The molecule has 2 nitrogen and oxygen atoms in total. The summed E-state index contributed by atoms with van der Waals surface area (Å²) in [5, 5.41) is 0. The van der Waals surface area contributed by atoms with Crippen LogP contribution in [0.3, 0.4) is 0 Å². The van der Waals surface area contributed by atoms with Gasteiger partial charge in [-0.2, -0.15) is 0 Å². The lowest BCUT2D eigenvalue weighted by Gasteiger charge is -2.36. The molecule has 2 atom stereocenters. The van der Waals surface area contributed by atoms with Gasteiger partial charge in [0.1, 0.15) is 0 Å². The van der Waals surface area contributed by atoms with Crippen molar-refractivity contribution in [3.63, 3.8) is 0 Å². The Morgan fingerprint density at radius 1 is 0.164 bits per heavy atom. The van der Waals surface area contributed by atoms with Crippen molar-refractivity contribution in [1.82, 2.24) is 0 Å². The molecule has 2 heteroatoms. The third-order valence-electron chi connectivity index (χ3n) is 47.4. The van der Waals surface area contributed by atoms with Gasteiger partial charge >= 0.3 is 0 Å². The smallest absolute Gasteiger partial charge is 0 e. The Morgan fingerprint density at radius 2 is 0.329 bits per heavy atom. The van der Waals surface area contributed by atoms with E-state index >= 15 is 0 Å². The van der Waals surface area contributed by atoms with Gasteiger partial charge in [-0.1, -0.05) is 437 Å². The normalized spacial score (nSPS) is 42.4. The lowest BCUT2D eigenvalue weighted by Crippen LogP contribution is -2.24. The van der Waals surface area contributed by atoms with E-state index in [0.717, 1.165) is 225 Å². The summed E-state index contributed by atoms with van der Waals surface area (Å²) in [4.78, 5) is 0. The van der Waals surface area contributed by atoms with Crippen molar-refractivity contribution in [2.75, 3.05) is 0 Å². The molecule has 20 aliphatic rings. The topological polar surface area (TPSA) is 63.0 Å². The second kappa shape index (κ2) is 71.6. The molecule has 0 aromatic carbocycles. The first kappa shape index (κ1) is 129. The Balaban J connectivity index is -0.000000268. The first-order valence-electron chi connectivity index (χ1n) is 68.5. The van der Waals surface area contributed by atoms with Gasteiger partial charge in [-0.15, -0.1) is 0 Å². The highest BCUT2D eigenvalue weighted by Gasteiger charge is 2.38. The van der Waals surface area contributed by atoms with Gasteiger partial charge in [0.05, 0.1) is 0 Å². The largest absolute Gasteiger partial charge is 0.412 e. The molecule has 0 amide bonds. The van der Waals surface area contributed by atoms with Gasteiger partial charge in [0.15, 0.2) is 0 Å². The fourth-order valence-corrected chi connectivity index (χ4v) is 34.2. The second-order valence-corrected chi connectivity index (χ2v) is 60.7. The molecule has 18 fully saturated rings. The molecule has 0 bridgehead atoms. The van der Waals surface area contributed by atoms with Crippen LogP contribution in [0.15, 0.2) is 35.5 Å². The van der Waals surface area contributed by atoms with Gasteiger partial charge in [-0.05, 0) is 476 Å². The minimum atomic E-state index is 0. The maximum Gasteiger partial charge on any atom is 0 e. The lowest BCUT2D eigenvalue weighted by molar-refractivity contribution is 0.155. The van der Waals surface area contributed by atoms with E-state index in [1.165, 1.54) is 347 Å². The Hall–Kier alpha value is -0.860. The van der Waals surface area contributed by atoms with E-state index in [0.29, 0.717) is 0 Å². The summed E-state index contributed by atoms with van der Waals surface area (Å²) in [6, 6.07) is 0. The Bertz CT molecular complexity index is 2790. The fraction of sp³-hybridized carbons (Fsp3) is 0.958. The molecule has 0 heterocycles. The second-order valence-electron chi connectivity index (χ2n) is 60.7. The van der Waals surface area contributed by atoms with Gasteiger partial charge in [0.25, 0.3) is 0 Å². The third kappa shape index (κ3) is 49.7. The maximum atomic E-state index is 2.56. The van der Waals surface area contributed by atoms with Crippen LogP contribution in [0, 0.1) is 225 Å². The van der Waals surface area contributed by atoms with Crippen molar-refractivity contribution >= 4 is 0 Å². The van der Waals surface area contributed by atoms with Crippen molar-refractivity contribution in [3.05, 3.63) is 35.5 Å². The van der Waals surface area contributed by atoms with Crippen LogP contribution in [-0.4, -0.2) is 11.0 Å². The molecule has 0 saturated heterocycles. The van der Waals surface area contributed by atoms with Crippen LogP contribution in [0.25, 0.3) is 0 Å². The predicted octanol–water partition coefficient (Wildman–Crippen LogP) is 49.9. The summed E-state index contributed by atoms with van der Waals surface area (Å²) in [5.74, 6) is 39.6. The Kier molecular flexibility index (Phi) is 63.0. The average molecular weight is 2060 g/mol. The minimum Gasteiger partial charge on any atom is -0.412 e. The molecule has 2 unspecified atom stereocenters. The summed E-state index contributed by atoms with van der Waals surface area (Å²) in [6.07, 6.45) is 131. The third-order valence-corrected chi connectivity index (χ3v) is 47.4. The molecule has 0 aromatic heterocycles. The van der Waals surface area contributed by atoms with Crippen LogP contribution in [0.5, 0.6) is 0 Å². The van der Waals surface area contributed by atoms with E-state index in [2.05, 4.69) is 163 Å². The molecule has 0 aliphatic heterocycles. The first-order chi connectivity index (χ1) is 69.5. The van der Waals surface area contributed by atoms with Crippen molar-refractivity contribution < 1.29 is 33.8 Å². The first-order valence-corrected chi connectivity index (χ1v) is 68.5. The molecule has 0 spiro atoms. The van der Waals surface area contributed by atoms with E-state index in [1.54, 1.807) is 173 Å². The molecule has 18 saturated carbocycles. The molecule has 0 radical (unpaired) electrons. The van der Waals surface area contributed by atoms with Gasteiger partial charge in [-0.3, -0.25) is 0 Å². The van der Waals surface area contributed by atoms with Crippen molar-refractivity contribution in [2.24, 2.45) is 225 Å². The summed E-state index contributed by atoms with van der Waals surface area (Å²) >= 11 is 0. The number of hydrogen-bond donors (Lipinski definition) is 0. The quantitative estimate of drug-likeness (QED) is 0.165. The average Bonchev–Trinajstić information content (AvgIpc) is 0.878. The zero-order valence-electron chi connectivity index (χ0n) is 103. The standard InChI is InChI=1S/C16H30.C16H28.6C14H26.2C14H24.2H2O.16H2/c2*1-13-3-7-15(8-4-13)11-12-16-9-5-14(2)6-10-16;8*1-11-3-7-13(8-4-11)14-9-5-12(2)6-10-14;;;;;;;;;;;;;;;;;;/h13-16H,3-12H2,1-2H3;11-16H,3-10H2,1-2H3;6*11-14H,3-10H2,1-2H3;7,11-12,14H,3-6,8-10H2,1-2H3;3,12-14H,4-10H2,1-2H3;2*1H2;16*1H/b;12-11+;;;;;;;;;;;;;;;;;;;;;;;;;;. The molecular formula is C144H298O2. The van der Waals surface area contributed by atoms with Crippen LogP contribution in [0.2, 0.25) is 0 Å². The molecule has 0 aromatic rings. The highest BCUT2D eigenvalue weighted by Crippen LogP contribution is 2.51. The number of rotatable bonds is 13. The zero-order valence-corrected chi connectivity index (χ0v) is 103. The van der Waals surface area contributed by atoms with Crippen molar-refractivity contribution in [2.45, 2.75) is 652 Å². The zero-order chi connectivity index (χ0) is 102. The molecule has 886 valence electrons. The van der Waals surface area contributed by atoms with Gasteiger partial charge in [-0.25, -0.2) is 0 Å². The summed E-state index contributed by atoms with van der Waals surface area (Å²) in [7, 11) is 0. The Morgan fingerprint density at radius 3 is 0.493 bits per heavy atom. The molecular weight excluding hydrogens is 1760 g/mol. The summed E-state index contributed by atoms with van der Waals surface area (Å²) in [6.45, 7) is 48.3.